The Balaban J connectivity index is 2.22. The van der Waals surface area contributed by atoms with Crippen molar-refractivity contribution in [3.8, 4) is 0 Å². The Labute approximate surface area is 134 Å². The van der Waals surface area contributed by atoms with E-state index in [1.165, 1.54) is 0 Å². The van der Waals surface area contributed by atoms with E-state index in [0.29, 0.717) is 34.4 Å². The van der Waals surface area contributed by atoms with Crippen LogP contribution in [0.25, 0.3) is 0 Å². The highest BCUT2D eigenvalue weighted by Crippen LogP contribution is 2.23. The average Bonchev–Trinajstić information content (AvgIpc) is 2.48. The van der Waals surface area contributed by atoms with E-state index in [1.54, 1.807) is 23.1 Å². The van der Waals surface area contributed by atoms with Crippen molar-refractivity contribution < 1.29 is 4.79 Å². The Morgan fingerprint density at radius 1 is 1.14 bits per heavy atom. The van der Waals surface area contributed by atoms with E-state index in [1.807, 2.05) is 31.2 Å². The van der Waals surface area contributed by atoms with Crippen LogP contribution in [0, 0.1) is 0 Å². The fraction of sp³-hybridized carbons (Fsp3) is 0.188. The third kappa shape index (κ3) is 3.90. The molecule has 0 fully saturated rings. The third-order valence-electron chi connectivity index (χ3n) is 3.18. The average molecular weight is 323 g/mol. The van der Waals surface area contributed by atoms with Gasteiger partial charge in [-0.2, -0.15) is 0 Å². The summed E-state index contributed by atoms with van der Waals surface area (Å²) in [6.07, 6.45) is 0. The Morgan fingerprint density at radius 3 is 2.43 bits per heavy atom. The molecule has 0 saturated heterocycles. The number of nitrogens with zero attached hydrogens (tertiary/aromatic N) is 1. The summed E-state index contributed by atoms with van der Waals surface area (Å²) in [5.74, 6) is -0.137. The summed E-state index contributed by atoms with van der Waals surface area (Å²) in [7, 11) is 0. The lowest BCUT2D eigenvalue weighted by molar-refractivity contribution is 0.0753. The summed E-state index contributed by atoms with van der Waals surface area (Å²) in [4.78, 5) is 14.3. The van der Waals surface area contributed by atoms with Crippen molar-refractivity contribution in [1.82, 2.24) is 4.90 Å². The van der Waals surface area contributed by atoms with Gasteiger partial charge in [-0.15, -0.1) is 0 Å². The van der Waals surface area contributed by atoms with Crippen molar-refractivity contribution in [3.05, 3.63) is 63.6 Å². The molecule has 0 atom stereocenters. The molecule has 2 rings (SSSR count). The van der Waals surface area contributed by atoms with Gasteiger partial charge in [-0.1, -0.05) is 35.3 Å². The normalized spacial score (nSPS) is 10.4. The molecule has 2 aromatic carbocycles. The minimum absolute atomic E-state index is 0.137. The van der Waals surface area contributed by atoms with Crippen LogP contribution in [0.3, 0.4) is 0 Å². The Morgan fingerprint density at radius 2 is 1.81 bits per heavy atom. The molecule has 0 heterocycles. The van der Waals surface area contributed by atoms with Crippen molar-refractivity contribution in [2.45, 2.75) is 13.5 Å². The van der Waals surface area contributed by atoms with Gasteiger partial charge in [0.05, 0.1) is 10.6 Å². The summed E-state index contributed by atoms with van der Waals surface area (Å²) >= 11 is 12.0. The van der Waals surface area contributed by atoms with E-state index >= 15 is 0 Å². The maximum absolute atomic E-state index is 12.6. The van der Waals surface area contributed by atoms with Gasteiger partial charge in [-0.3, -0.25) is 4.79 Å². The summed E-state index contributed by atoms with van der Waals surface area (Å²) in [5.41, 5.74) is 7.79. The zero-order valence-electron chi connectivity index (χ0n) is 11.6. The number of rotatable bonds is 4. The van der Waals surface area contributed by atoms with Gasteiger partial charge in [0.15, 0.2) is 0 Å². The number of carbonyl (C=O) groups excluding carboxylic acids is 1. The molecule has 0 aliphatic rings. The van der Waals surface area contributed by atoms with Gasteiger partial charge in [0.2, 0.25) is 0 Å². The summed E-state index contributed by atoms with van der Waals surface area (Å²) in [5, 5.41) is 0.895. The first-order chi connectivity index (χ1) is 10.0. The highest BCUT2D eigenvalue weighted by Gasteiger charge is 2.17. The Bertz CT molecular complexity index is 641. The van der Waals surface area contributed by atoms with Crippen LogP contribution in [0.2, 0.25) is 10.0 Å². The molecule has 3 nitrogen and oxygen atoms in total. The topological polar surface area (TPSA) is 46.3 Å². The fourth-order valence-electron chi connectivity index (χ4n) is 2.00. The fourth-order valence-corrected chi connectivity index (χ4v) is 2.37. The number of halogens is 2. The van der Waals surface area contributed by atoms with Gasteiger partial charge < -0.3 is 10.6 Å². The summed E-state index contributed by atoms with van der Waals surface area (Å²) in [6.45, 7) is 3.00. The SMILES string of the molecule is CCN(Cc1ccc(N)cc1)C(=O)c1cc(Cl)ccc1Cl. The maximum Gasteiger partial charge on any atom is 0.255 e. The van der Waals surface area contributed by atoms with Crippen LogP contribution < -0.4 is 5.73 Å². The predicted octanol–water partition coefficient (Wildman–Crippen LogP) is 4.24. The molecule has 1 amide bonds. The largest absolute Gasteiger partial charge is 0.399 e. The Hall–Kier alpha value is -1.71. The van der Waals surface area contributed by atoms with Crippen molar-refractivity contribution >= 4 is 34.8 Å². The minimum atomic E-state index is -0.137. The number of nitrogen functional groups attached to an aromatic ring is 1. The molecule has 0 aliphatic heterocycles. The van der Waals surface area contributed by atoms with E-state index in [4.69, 9.17) is 28.9 Å². The van der Waals surface area contributed by atoms with Gasteiger partial charge in [0, 0.05) is 23.8 Å². The van der Waals surface area contributed by atoms with Crippen LogP contribution in [0.5, 0.6) is 0 Å². The van der Waals surface area contributed by atoms with Crippen LogP contribution in [-0.2, 0) is 6.54 Å². The van der Waals surface area contributed by atoms with Crippen LogP contribution in [-0.4, -0.2) is 17.4 Å². The molecule has 0 saturated carbocycles. The number of benzene rings is 2. The molecule has 2 N–H and O–H groups in total. The zero-order chi connectivity index (χ0) is 15.4. The van der Waals surface area contributed by atoms with Gasteiger partial charge in [0.25, 0.3) is 5.91 Å². The van der Waals surface area contributed by atoms with Crippen LogP contribution >= 0.6 is 23.2 Å². The Kier molecular flexibility index (Phi) is 5.10. The molecule has 0 aliphatic carbocycles. The first kappa shape index (κ1) is 15.7. The second kappa shape index (κ2) is 6.83. The number of hydrogen-bond donors (Lipinski definition) is 1. The molecule has 0 spiro atoms. The predicted molar refractivity (Wildman–Crippen MR) is 87.7 cm³/mol. The quantitative estimate of drug-likeness (QED) is 0.856. The van der Waals surface area contributed by atoms with E-state index in [0.717, 1.165) is 5.56 Å². The highest BCUT2D eigenvalue weighted by atomic mass is 35.5. The molecular formula is C16H16Cl2N2O. The van der Waals surface area contributed by atoms with Gasteiger partial charge in [-0.25, -0.2) is 0 Å². The van der Waals surface area contributed by atoms with E-state index in [9.17, 15) is 4.79 Å². The molecule has 5 heteroatoms. The number of carbonyl (C=O) groups is 1. The lowest BCUT2D eigenvalue weighted by Crippen LogP contribution is -2.30. The first-order valence-corrected chi connectivity index (χ1v) is 7.35. The summed E-state index contributed by atoms with van der Waals surface area (Å²) in [6, 6.07) is 12.3. The minimum Gasteiger partial charge on any atom is -0.399 e. The monoisotopic (exact) mass is 322 g/mol. The lowest BCUT2D eigenvalue weighted by atomic mass is 10.1. The smallest absolute Gasteiger partial charge is 0.255 e. The van der Waals surface area contributed by atoms with Crippen molar-refractivity contribution in [2.24, 2.45) is 0 Å². The van der Waals surface area contributed by atoms with Gasteiger partial charge >= 0.3 is 0 Å². The van der Waals surface area contributed by atoms with Crippen molar-refractivity contribution in [1.29, 1.82) is 0 Å². The van der Waals surface area contributed by atoms with E-state index in [2.05, 4.69) is 0 Å². The number of amides is 1. The molecule has 2 aromatic rings. The van der Waals surface area contributed by atoms with E-state index in [-0.39, 0.29) is 5.91 Å². The third-order valence-corrected chi connectivity index (χ3v) is 3.75. The lowest BCUT2D eigenvalue weighted by Gasteiger charge is -2.22. The van der Waals surface area contributed by atoms with Crippen LogP contribution in [0.4, 0.5) is 5.69 Å². The molecule has 0 unspecified atom stereocenters. The second-order valence-corrected chi connectivity index (χ2v) is 5.53. The number of hydrogen-bond acceptors (Lipinski definition) is 2. The van der Waals surface area contributed by atoms with Crippen LogP contribution in [0.1, 0.15) is 22.8 Å². The molecule has 21 heavy (non-hydrogen) atoms. The highest BCUT2D eigenvalue weighted by molar-refractivity contribution is 6.35. The van der Waals surface area contributed by atoms with Crippen molar-refractivity contribution in [3.63, 3.8) is 0 Å². The molecular weight excluding hydrogens is 307 g/mol. The van der Waals surface area contributed by atoms with Gasteiger partial charge in [0.1, 0.15) is 0 Å². The first-order valence-electron chi connectivity index (χ1n) is 6.60. The van der Waals surface area contributed by atoms with E-state index < -0.39 is 0 Å². The van der Waals surface area contributed by atoms with Crippen molar-refractivity contribution in [2.75, 3.05) is 12.3 Å². The summed E-state index contributed by atoms with van der Waals surface area (Å²) < 4.78 is 0. The number of anilines is 1. The standard InChI is InChI=1S/C16H16Cl2N2O/c1-2-20(10-11-3-6-13(19)7-4-11)16(21)14-9-12(17)5-8-15(14)18/h3-9H,2,10,19H2,1H3. The van der Waals surface area contributed by atoms with Crippen LogP contribution in [0.15, 0.2) is 42.5 Å². The molecule has 0 radical (unpaired) electrons. The molecule has 110 valence electrons. The maximum atomic E-state index is 12.6. The van der Waals surface area contributed by atoms with Gasteiger partial charge in [-0.05, 0) is 42.8 Å². The molecule has 0 bridgehead atoms. The number of nitrogens with two attached hydrogens (primary N) is 1. The molecule has 0 aromatic heterocycles. The zero-order valence-corrected chi connectivity index (χ0v) is 13.2. The second-order valence-electron chi connectivity index (χ2n) is 4.69.